The molecular weight excluding hydrogens is 344 g/mol. The highest BCUT2D eigenvalue weighted by molar-refractivity contribution is 7.90. The van der Waals surface area contributed by atoms with Gasteiger partial charge in [0.2, 0.25) is 5.91 Å². The predicted octanol–water partition coefficient (Wildman–Crippen LogP) is 1.87. The molecule has 0 radical (unpaired) electrons. The molecule has 0 aliphatic carbocycles. The van der Waals surface area contributed by atoms with Crippen molar-refractivity contribution in [2.45, 2.75) is 17.9 Å². The number of hydrogen-bond acceptors (Lipinski definition) is 5. The van der Waals surface area contributed by atoms with Crippen LogP contribution in [0.5, 0.6) is 5.75 Å². The molecule has 1 aliphatic rings. The van der Waals surface area contributed by atoms with Crippen LogP contribution in [0.1, 0.15) is 17.3 Å². The lowest BCUT2D eigenvalue weighted by molar-refractivity contribution is -0.118. The van der Waals surface area contributed by atoms with E-state index in [0.717, 1.165) is 0 Å². The Morgan fingerprint density at radius 1 is 1.16 bits per heavy atom. The summed E-state index contributed by atoms with van der Waals surface area (Å²) in [6.07, 6.45) is 0. The highest BCUT2D eigenvalue weighted by Crippen LogP contribution is 2.32. The Balaban J connectivity index is 1.87. The topological polar surface area (TPSA) is 92.8 Å². The molecule has 25 heavy (non-hydrogen) atoms. The van der Waals surface area contributed by atoms with Gasteiger partial charge in [-0.3, -0.25) is 9.59 Å². The van der Waals surface area contributed by atoms with Gasteiger partial charge in [0.1, 0.15) is 16.7 Å². The van der Waals surface area contributed by atoms with Gasteiger partial charge in [-0.25, -0.2) is 12.7 Å². The van der Waals surface area contributed by atoms with Crippen LogP contribution in [0, 0.1) is 0 Å². The van der Waals surface area contributed by atoms with Gasteiger partial charge < -0.3 is 10.1 Å². The number of sulfonamides is 1. The van der Waals surface area contributed by atoms with Crippen molar-refractivity contribution in [1.29, 1.82) is 0 Å². The van der Waals surface area contributed by atoms with Crippen molar-refractivity contribution in [2.24, 2.45) is 0 Å². The van der Waals surface area contributed by atoms with E-state index in [0.29, 0.717) is 15.7 Å². The molecule has 0 bridgehead atoms. The van der Waals surface area contributed by atoms with Crippen molar-refractivity contribution in [3.8, 4) is 5.75 Å². The second kappa shape index (κ2) is 6.21. The molecule has 7 nitrogen and oxygen atoms in total. The Hall–Kier alpha value is -2.87. The Morgan fingerprint density at radius 3 is 2.56 bits per heavy atom. The summed E-state index contributed by atoms with van der Waals surface area (Å²) in [4.78, 5) is 24.8. The first kappa shape index (κ1) is 17.0. The molecule has 0 aromatic heterocycles. The summed E-state index contributed by atoms with van der Waals surface area (Å²) in [5, 5.41) is 2.60. The van der Waals surface area contributed by atoms with Gasteiger partial charge >= 0.3 is 0 Å². The lowest BCUT2D eigenvalue weighted by Crippen LogP contribution is -2.45. The molecule has 3 rings (SSSR count). The number of methoxy groups -OCH3 is 1. The standard InChI is InChI=1S/C17H16N2O5S/c1-11(16(20)18-12-6-5-7-13(10-12)24-2)19-17(21)14-8-3-4-9-15(14)25(19,22)23/h3-11H,1-2H3,(H,18,20)/t11-/m1/s1. The molecule has 0 saturated heterocycles. The van der Waals surface area contributed by atoms with Crippen LogP contribution in [0.3, 0.4) is 0 Å². The fourth-order valence-corrected chi connectivity index (χ4v) is 4.36. The molecule has 2 aromatic carbocycles. The third kappa shape index (κ3) is 2.85. The average molecular weight is 360 g/mol. The average Bonchev–Trinajstić information content (AvgIpc) is 2.81. The lowest BCUT2D eigenvalue weighted by atomic mass is 10.2. The van der Waals surface area contributed by atoms with Gasteiger partial charge in [0.15, 0.2) is 0 Å². The molecule has 1 N–H and O–H groups in total. The summed E-state index contributed by atoms with van der Waals surface area (Å²) in [6.45, 7) is 1.37. The summed E-state index contributed by atoms with van der Waals surface area (Å²) in [7, 11) is -2.55. The minimum Gasteiger partial charge on any atom is -0.497 e. The van der Waals surface area contributed by atoms with Crippen LogP contribution in [-0.4, -0.2) is 37.7 Å². The summed E-state index contributed by atoms with van der Waals surface area (Å²) >= 11 is 0. The first-order valence-corrected chi connectivity index (χ1v) is 8.93. The van der Waals surface area contributed by atoms with Gasteiger partial charge in [0.25, 0.3) is 15.9 Å². The number of ether oxygens (including phenoxy) is 1. The first-order valence-electron chi connectivity index (χ1n) is 7.49. The van der Waals surface area contributed by atoms with E-state index in [9.17, 15) is 18.0 Å². The molecule has 8 heteroatoms. The monoisotopic (exact) mass is 360 g/mol. The normalized spacial score (nSPS) is 16.2. The number of carbonyl (C=O) groups is 2. The van der Waals surface area contributed by atoms with Crippen molar-refractivity contribution in [2.75, 3.05) is 12.4 Å². The van der Waals surface area contributed by atoms with Gasteiger partial charge in [-0.2, -0.15) is 0 Å². The number of amides is 2. The summed E-state index contributed by atoms with van der Waals surface area (Å²) < 4.78 is 30.9. The second-order valence-corrected chi connectivity index (χ2v) is 7.28. The van der Waals surface area contributed by atoms with Gasteiger partial charge in [-0.05, 0) is 31.2 Å². The van der Waals surface area contributed by atoms with Crippen LogP contribution in [0.25, 0.3) is 0 Å². The second-order valence-electron chi connectivity index (χ2n) is 5.50. The van der Waals surface area contributed by atoms with Gasteiger partial charge in [-0.15, -0.1) is 0 Å². The lowest BCUT2D eigenvalue weighted by Gasteiger charge is -2.22. The van der Waals surface area contributed by atoms with Crippen LogP contribution in [0.2, 0.25) is 0 Å². The van der Waals surface area contributed by atoms with E-state index in [4.69, 9.17) is 4.74 Å². The molecule has 0 fully saturated rings. The molecule has 2 aromatic rings. The number of benzene rings is 2. The van der Waals surface area contributed by atoms with Gasteiger partial charge in [-0.1, -0.05) is 18.2 Å². The van der Waals surface area contributed by atoms with E-state index in [1.54, 1.807) is 30.3 Å². The molecule has 1 aliphatic heterocycles. The van der Waals surface area contributed by atoms with E-state index in [2.05, 4.69) is 5.32 Å². The number of nitrogens with zero attached hydrogens (tertiary/aromatic N) is 1. The molecule has 0 saturated carbocycles. The first-order chi connectivity index (χ1) is 11.9. The molecule has 2 amide bonds. The van der Waals surface area contributed by atoms with Crippen LogP contribution in [0.4, 0.5) is 5.69 Å². The van der Waals surface area contributed by atoms with E-state index < -0.39 is 27.9 Å². The van der Waals surface area contributed by atoms with Crippen LogP contribution in [-0.2, 0) is 14.8 Å². The maximum Gasteiger partial charge on any atom is 0.269 e. The van der Waals surface area contributed by atoms with Crippen molar-refractivity contribution in [1.82, 2.24) is 4.31 Å². The highest BCUT2D eigenvalue weighted by atomic mass is 32.2. The quantitative estimate of drug-likeness (QED) is 0.898. The van der Waals surface area contributed by atoms with E-state index in [1.165, 1.54) is 32.2 Å². The van der Waals surface area contributed by atoms with E-state index >= 15 is 0 Å². The highest BCUT2D eigenvalue weighted by Gasteiger charge is 2.45. The Labute approximate surface area is 145 Å². The molecule has 1 atom stereocenters. The van der Waals surface area contributed by atoms with Crippen molar-refractivity contribution < 1.29 is 22.7 Å². The summed E-state index contributed by atoms with van der Waals surface area (Å²) in [5.41, 5.74) is 0.515. The van der Waals surface area contributed by atoms with Gasteiger partial charge in [0.05, 0.1) is 12.7 Å². The SMILES string of the molecule is COc1cccc(NC(=O)[C@@H](C)N2C(=O)c3ccccc3S2(=O)=O)c1. The van der Waals surface area contributed by atoms with E-state index in [1.807, 2.05) is 0 Å². The van der Waals surface area contributed by atoms with Gasteiger partial charge in [0, 0.05) is 11.8 Å². The third-order valence-corrected chi connectivity index (χ3v) is 5.83. The van der Waals surface area contributed by atoms with Crippen LogP contribution < -0.4 is 10.1 Å². The Morgan fingerprint density at radius 2 is 1.88 bits per heavy atom. The number of fused-ring (bicyclic) bond motifs is 1. The fraction of sp³-hybridized carbons (Fsp3) is 0.176. The zero-order valence-corrected chi connectivity index (χ0v) is 14.4. The smallest absolute Gasteiger partial charge is 0.269 e. The zero-order valence-electron chi connectivity index (χ0n) is 13.6. The Bertz CT molecular complexity index is 955. The minimum absolute atomic E-state index is 0.0727. The van der Waals surface area contributed by atoms with Crippen molar-refractivity contribution in [3.63, 3.8) is 0 Å². The molecule has 1 heterocycles. The number of anilines is 1. The number of carbonyl (C=O) groups excluding carboxylic acids is 2. The fourth-order valence-electron chi connectivity index (χ4n) is 2.64. The van der Waals surface area contributed by atoms with Crippen LogP contribution >= 0.6 is 0 Å². The maximum atomic E-state index is 12.6. The van der Waals surface area contributed by atoms with Crippen molar-refractivity contribution >= 4 is 27.5 Å². The third-order valence-electron chi connectivity index (χ3n) is 3.92. The molecule has 0 spiro atoms. The molecule has 0 unspecified atom stereocenters. The maximum absolute atomic E-state index is 12.6. The summed E-state index contributed by atoms with van der Waals surface area (Å²) in [6, 6.07) is 11.3. The largest absolute Gasteiger partial charge is 0.497 e. The molecular formula is C17H16N2O5S. The van der Waals surface area contributed by atoms with Crippen molar-refractivity contribution in [3.05, 3.63) is 54.1 Å². The number of nitrogens with one attached hydrogen (secondary N) is 1. The molecule has 130 valence electrons. The van der Waals surface area contributed by atoms with Crippen LogP contribution in [0.15, 0.2) is 53.4 Å². The number of rotatable bonds is 4. The van der Waals surface area contributed by atoms with E-state index in [-0.39, 0.29) is 10.5 Å². The minimum atomic E-state index is -4.05. The Kier molecular flexibility index (Phi) is 4.22. The summed E-state index contributed by atoms with van der Waals surface area (Å²) in [5.74, 6) is -0.774. The number of hydrogen-bond donors (Lipinski definition) is 1. The predicted molar refractivity (Wildman–Crippen MR) is 90.9 cm³/mol. The zero-order chi connectivity index (χ0) is 18.2.